The van der Waals surface area contributed by atoms with Crippen LogP contribution in [0.3, 0.4) is 0 Å². The number of hydrogen-bond donors (Lipinski definition) is 0. The van der Waals surface area contributed by atoms with Gasteiger partial charge in [0.25, 0.3) is 0 Å². The highest BCUT2D eigenvalue weighted by Gasteiger charge is 2.36. The van der Waals surface area contributed by atoms with Crippen LogP contribution in [-0.4, -0.2) is 54.3 Å². The third-order valence-electron chi connectivity index (χ3n) is 7.71. The average Bonchev–Trinajstić information content (AvgIpc) is 3.06. The Morgan fingerprint density at radius 2 is 0.826 bits per heavy atom. The molecule has 4 rings (SSSR count). The van der Waals surface area contributed by atoms with Gasteiger partial charge in [0.1, 0.15) is 0 Å². The lowest BCUT2D eigenvalue weighted by Gasteiger charge is -2.22. The Balaban J connectivity index is 2.04. The molecule has 0 atom stereocenters. The maximum absolute atomic E-state index is 13.4. The van der Waals surface area contributed by atoms with Crippen molar-refractivity contribution in [2.24, 2.45) is 11.8 Å². The highest BCUT2D eigenvalue weighted by molar-refractivity contribution is 6.30. The van der Waals surface area contributed by atoms with Gasteiger partial charge in [-0.3, -0.25) is 9.59 Å². The van der Waals surface area contributed by atoms with Crippen molar-refractivity contribution < 1.29 is 19.1 Å². The summed E-state index contributed by atoms with van der Waals surface area (Å²) in [5.74, 6) is -3.50. The van der Waals surface area contributed by atoms with E-state index < -0.39 is 23.8 Å². The van der Waals surface area contributed by atoms with E-state index in [0.29, 0.717) is 10.0 Å². The molecule has 0 fully saturated rings. The van der Waals surface area contributed by atoms with Crippen LogP contribution < -0.4 is 9.80 Å². The number of allylic oxidation sites excluding steroid dienone is 2. The molecule has 46 heavy (non-hydrogen) atoms. The van der Waals surface area contributed by atoms with E-state index in [-0.39, 0.29) is 0 Å². The summed E-state index contributed by atoms with van der Waals surface area (Å²) >= 11 is 12.5. The number of nitrogens with zero attached hydrogens (tertiary/aromatic N) is 2. The smallest absolute Gasteiger partial charge is 0.320 e. The Hall–Kier alpha value is -4.52. The van der Waals surface area contributed by atoms with Crippen LogP contribution in [0.25, 0.3) is 11.1 Å². The van der Waals surface area contributed by atoms with Crippen LogP contribution in [0, 0.1) is 11.8 Å². The molecule has 0 saturated heterocycles. The van der Waals surface area contributed by atoms with E-state index in [1.807, 2.05) is 147 Å². The van der Waals surface area contributed by atoms with E-state index in [2.05, 4.69) is 0 Å². The van der Waals surface area contributed by atoms with Crippen LogP contribution in [0.2, 0.25) is 10.0 Å². The maximum Gasteiger partial charge on any atom is 0.320 e. The molecule has 0 unspecified atom stereocenters. The summed E-state index contributed by atoms with van der Waals surface area (Å²) in [6.07, 6.45) is 3.85. The molecule has 0 heterocycles. The van der Waals surface area contributed by atoms with Crippen molar-refractivity contribution in [1.82, 2.24) is 0 Å². The first-order chi connectivity index (χ1) is 22.0. The lowest BCUT2D eigenvalue weighted by Crippen LogP contribution is -2.32. The second-order valence-electron chi connectivity index (χ2n) is 11.2. The quantitative estimate of drug-likeness (QED) is 0.120. The molecule has 4 aromatic rings. The summed E-state index contributed by atoms with van der Waals surface area (Å²) < 4.78 is 10.3. The van der Waals surface area contributed by atoms with Crippen molar-refractivity contribution in [1.29, 1.82) is 0 Å². The molecule has 4 aromatic carbocycles. The summed E-state index contributed by atoms with van der Waals surface area (Å²) in [5, 5.41) is 1.19. The zero-order valence-corrected chi connectivity index (χ0v) is 28.3. The van der Waals surface area contributed by atoms with Crippen LogP contribution >= 0.6 is 23.2 Å². The van der Waals surface area contributed by atoms with Crippen LogP contribution in [0.5, 0.6) is 0 Å². The van der Waals surface area contributed by atoms with Gasteiger partial charge in [-0.2, -0.15) is 0 Å². The summed E-state index contributed by atoms with van der Waals surface area (Å²) in [4.78, 5) is 30.8. The summed E-state index contributed by atoms with van der Waals surface area (Å²) in [7, 11) is 10.4. The number of carbonyl (C=O) groups excluding carboxylic acids is 2. The molecule has 0 spiro atoms. The fourth-order valence-electron chi connectivity index (χ4n) is 5.15. The average molecular weight is 658 g/mol. The second-order valence-corrected chi connectivity index (χ2v) is 12.0. The SMILES string of the molecule is COC(=O)C(C(=O)OC)C(C=C(c1ccc(Cl)cc1)c1ccc(N(C)C)cc1)C=C(c1ccc(Cl)cc1)c1ccc(N(C)C)cc1. The highest BCUT2D eigenvalue weighted by Crippen LogP contribution is 2.35. The third-order valence-corrected chi connectivity index (χ3v) is 8.22. The van der Waals surface area contributed by atoms with Crippen molar-refractivity contribution in [3.63, 3.8) is 0 Å². The lowest BCUT2D eigenvalue weighted by atomic mass is 9.83. The number of halogens is 2. The van der Waals surface area contributed by atoms with E-state index >= 15 is 0 Å². The van der Waals surface area contributed by atoms with Crippen molar-refractivity contribution >= 4 is 57.7 Å². The van der Waals surface area contributed by atoms with Crippen molar-refractivity contribution in [3.8, 4) is 0 Å². The molecule has 0 radical (unpaired) electrons. The standard InChI is InChI=1S/C38H38Cl2N2O4/c1-41(2)32-19-11-27(12-20-32)34(25-7-15-30(39)16-8-25)23-29(36(37(43)45-5)38(44)46-6)24-35(26-9-17-31(40)18-10-26)28-13-21-33(22-14-28)42(3)4/h7-24,29,36H,1-6H3. The monoisotopic (exact) mass is 656 g/mol. The minimum Gasteiger partial charge on any atom is -0.468 e. The number of hydrogen-bond acceptors (Lipinski definition) is 6. The zero-order valence-electron chi connectivity index (χ0n) is 26.8. The maximum atomic E-state index is 13.4. The molecule has 238 valence electrons. The van der Waals surface area contributed by atoms with Crippen molar-refractivity contribution in [2.75, 3.05) is 52.2 Å². The van der Waals surface area contributed by atoms with E-state index in [1.165, 1.54) is 14.2 Å². The molecular weight excluding hydrogens is 619 g/mol. The molecule has 0 aliphatic heterocycles. The molecule has 0 amide bonds. The van der Waals surface area contributed by atoms with E-state index in [9.17, 15) is 9.59 Å². The van der Waals surface area contributed by atoms with Crippen molar-refractivity contribution in [2.45, 2.75) is 0 Å². The van der Waals surface area contributed by atoms with Gasteiger partial charge < -0.3 is 19.3 Å². The molecule has 0 aliphatic rings. The van der Waals surface area contributed by atoms with Gasteiger partial charge in [0.15, 0.2) is 5.92 Å². The van der Waals surface area contributed by atoms with Gasteiger partial charge in [-0.15, -0.1) is 0 Å². The molecule has 0 N–H and O–H groups in total. The van der Waals surface area contributed by atoms with Crippen LogP contribution in [0.1, 0.15) is 22.3 Å². The summed E-state index contributed by atoms with van der Waals surface area (Å²) in [5.41, 5.74) is 7.17. The first kappa shape index (κ1) is 34.4. The number of esters is 2. The number of anilines is 2. The summed E-state index contributed by atoms with van der Waals surface area (Å²) in [6.45, 7) is 0. The zero-order chi connectivity index (χ0) is 33.4. The Labute approximate surface area is 281 Å². The Kier molecular flexibility index (Phi) is 11.7. The fraction of sp³-hybridized carbons (Fsp3) is 0.211. The van der Waals surface area contributed by atoms with Crippen LogP contribution in [0.15, 0.2) is 109 Å². The van der Waals surface area contributed by atoms with Crippen LogP contribution in [0.4, 0.5) is 11.4 Å². The number of methoxy groups -OCH3 is 2. The van der Waals surface area contributed by atoms with Crippen molar-refractivity contribution in [3.05, 3.63) is 142 Å². The van der Waals surface area contributed by atoms with Gasteiger partial charge in [0, 0.05) is 55.5 Å². The molecule has 0 aliphatic carbocycles. The topological polar surface area (TPSA) is 59.1 Å². The number of rotatable bonds is 11. The lowest BCUT2D eigenvalue weighted by molar-refractivity contribution is -0.159. The number of ether oxygens (including phenoxy) is 2. The Morgan fingerprint density at radius 3 is 1.09 bits per heavy atom. The van der Waals surface area contributed by atoms with E-state index in [1.54, 1.807) is 0 Å². The van der Waals surface area contributed by atoms with Gasteiger partial charge in [0.05, 0.1) is 14.2 Å². The van der Waals surface area contributed by atoms with Gasteiger partial charge in [-0.05, 0) is 81.9 Å². The fourth-order valence-corrected chi connectivity index (χ4v) is 5.40. The Morgan fingerprint density at radius 1 is 0.543 bits per heavy atom. The van der Waals surface area contributed by atoms with E-state index in [4.69, 9.17) is 32.7 Å². The van der Waals surface area contributed by atoms with Gasteiger partial charge in [-0.25, -0.2) is 0 Å². The first-order valence-corrected chi connectivity index (χ1v) is 15.4. The minimum atomic E-state index is -1.29. The highest BCUT2D eigenvalue weighted by atomic mass is 35.5. The number of benzene rings is 4. The van der Waals surface area contributed by atoms with Gasteiger partial charge >= 0.3 is 11.9 Å². The molecule has 8 heteroatoms. The minimum absolute atomic E-state index is 0.593. The predicted molar refractivity (Wildman–Crippen MR) is 190 cm³/mol. The van der Waals surface area contributed by atoms with Gasteiger partial charge in [0.2, 0.25) is 0 Å². The number of carbonyl (C=O) groups is 2. The second kappa shape index (κ2) is 15.7. The molecular formula is C38H38Cl2N2O4. The molecule has 6 nitrogen and oxygen atoms in total. The summed E-state index contributed by atoms with van der Waals surface area (Å²) in [6, 6.07) is 31.1. The molecule has 0 saturated carbocycles. The normalized spacial score (nSPS) is 12.5. The molecule has 0 aromatic heterocycles. The Bertz CT molecular complexity index is 1570. The first-order valence-electron chi connectivity index (χ1n) is 14.7. The van der Waals surface area contributed by atoms with E-state index in [0.717, 1.165) is 44.8 Å². The third kappa shape index (κ3) is 8.39. The predicted octanol–water partition coefficient (Wildman–Crippen LogP) is 8.27. The van der Waals surface area contributed by atoms with Gasteiger partial charge in [-0.1, -0.05) is 83.9 Å². The van der Waals surface area contributed by atoms with Crippen LogP contribution in [-0.2, 0) is 19.1 Å². The molecule has 0 bridgehead atoms. The largest absolute Gasteiger partial charge is 0.468 e.